The van der Waals surface area contributed by atoms with Gasteiger partial charge in [-0.3, -0.25) is 0 Å². The van der Waals surface area contributed by atoms with Gasteiger partial charge in [-0.05, 0) is 44.4 Å². The molecule has 0 N–H and O–H groups in total. The molecule has 0 aromatic carbocycles. The van der Waals surface area contributed by atoms with Crippen LogP contribution < -0.4 is 4.74 Å². The molecule has 3 nitrogen and oxygen atoms in total. The van der Waals surface area contributed by atoms with Crippen LogP contribution in [-0.2, 0) is 13.0 Å². The van der Waals surface area contributed by atoms with Crippen molar-refractivity contribution < 1.29 is 4.74 Å². The predicted molar refractivity (Wildman–Crippen MR) is 67.2 cm³/mol. The summed E-state index contributed by atoms with van der Waals surface area (Å²) in [5.74, 6) is 1.65. The van der Waals surface area contributed by atoms with E-state index < -0.39 is 0 Å². The lowest BCUT2D eigenvalue weighted by Gasteiger charge is -2.25. The molecule has 2 heterocycles. The van der Waals surface area contributed by atoms with E-state index in [1.54, 1.807) is 0 Å². The van der Waals surface area contributed by atoms with Crippen LogP contribution in [0, 0.1) is 12.8 Å². The number of hydrogen-bond acceptors (Lipinski definition) is 3. The van der Waals surface area contributed by atoms with Gasteiger partial charge in [0.1, 0.15) is 0 Å². The lowest BCUT2D eigenvalue weighted by Crippen LogP contribution is -2.27. The molecule has 0 saturated heterocycles. The summed E-state index contributed by atoms with van der Waals surface area (Å²) in [5, 5.41) is 0. The first-order chi connectivity index (χ1) is 8.22. The minimum Gasteiger partial charge on any atom is -0.477 e. The van der Waals surface area contributed by atoms with Gasteiger partial charge in [-0.1, -0.05) is 0 Å². The highest BCUT2D eigenvalue weighted by Gasteiger charge is 2.23. The van der Waals surface area contributed by atoms with E-state index in [0.29, 0.717) is 0 Å². The average Bonchev–Trinajstić information content (AvgIpc) is 3.10. The Morgan fingerprint density at radius 1 is 1.47 bits per heavy atom. The van der Waals surface area contributed by atoms with E-state index in [0.717, 1.165) is 37.9 Å². The second-order valence-corrected chi connectivity index (χ2v) is 5.46. The number of ether oxygens (including phenoxy) is 1. The first-order valence-electron chi connectivity index (χ1n) is 6.53. The molecule has 3 heteroatoms. The van der Waals surface area contributed by atoms with Gasteiger partial charge in [-0.25, -0.2) is 4.98 Å². The maximum absolute atomic E-state index is 5.83. The number of nitrogens with zero attached hydrogens (tertiary/aromatic N) is 2. The van der Waals surface area contributed by atoms with E-state index in [1.807, 2.05) is 0 Å². The number of rotatable bonds is 3. The molecule has 0 amide bonds. The molecule has 2 aliphatic rings. The Hall–Kier alpha value is -1.09. The van der Waals surface area contributed by atoms with Crippen molar-refractivity contribution in [1.29, 1.82) is 0 Å². The standard InChI is InChI=1S/C14H20N2O/c1-10-7-12-8-16(2)6-5-13(12)15-14(10)17-9-11-3-4-11/h7,11H,3-6,8-9H2,1-2H3. The third-order valence-corrected chi connectivity index (χ3v) is 3.66. The Bertz CT molecular complexity index is 426. The summed E-state index contributed by atoms with van der Waals surface area (Å²) in [6.07, 6.45) is 3.70. The van der Waals surface area contributed by atoms with Crippen molar-refractivity contribution in [2.75, 3.05) is 20.2 Å². The van der Waals surface area contributed by atoms with Crippen molar-refractivity contribution in [2.24, 2.45) is 5.92 Å². The van der Waals surface area contributed by atoms with Gasteiger partial charge in [-0.2, -0.15) is 0 Å². The van der Waals surface area contributed by atoms with Crippen LogP contribution in [-0.4, -0.2) is 30.1 Å². The number of aryl methyl sites for hydroxylation is 1. The minimum atomic E-state index is 0.790. The number of likely N-dealkylation sites (N-methyl/N-ethyl adjacent to an activating group) is 1. The number of fused-ring (bicyclic) bond motifs is 1. The van der Waals surface area contributed by atoms with Crippen LogP contribution >= 0.6 is 0 Å². The van der Waals surface area contributed by atoms with Gasteiger partial charge in [-0.15, -0.1) is 0 Å². The topological polar surface area (TPSA) is 25.4 Å². The maximum Gasteiger partial charge on any atom is 0.216 e. The zero-order valence-corrected chi connectivity index (χ0v) is 10.7. The second kappa shape index (κ2) is 4.30. The molecular weight excluding hydrogens is 212 g/mol. The first-order valence-corrected chi connectivity index (χ1v) is 6.53. The summed E-state index contributed by atoms with van der Waals surface area (Å²) in [7, 11) is 2.16. The van der Waals surface area contributed by atoms with Gasteiger partial charge in [0, 0.05) is 25.1 Å². The molecule has 1 aliphatic heterocycles. The lowest BCUT2D eigenvalue weighted by atomic mass is 10.0. The summed E-state index contributed by atoms with van der Waals surface area (Å²) in [6, 6.07) is 2.25. The monoisotopic (exact) mass is 232 g/mol. The Morgan fingerprint density at radius 3 is 3.06 bits per heavy atom. The normalized spacial score (nSPS) is 20.1. The lowest BCUT2D eigenvalue weighted by molar-refractivity contribution is 0.278. The molecule has 0 radical (unpaired) electrons. The number of hydrogen-bond donors (Lipinski definition) is 0. The van der Waals surface area contributed by atoms with Crippen molar-refractivity contribution in [3.8, 4) is 5.88 Å². The fraction of sp³-hybridized carbons (Fsp3) is 0.643. The smallest absolute Gasteiger partial charge is 0.216 e. The molecule has 1 aromatic heterocycles. The number of pyridine rings is 1. The minimum absolute atomic E-state index is 0.790. The molecule has 0 bridgehead atoms. The Morgan fingerprint density at radius 2 is 2.29 bits per heavy atom. The molecule has 1 fully saturated rings. The highest BCUT2D eigenvalue weighted by atomic mass is 16.5. The maximum atomic E-state index is 5.83. The summed E-state index contributed by atoms with van der Waals surface area (Å²) in [5.41, 5.74) is 3.79. The van der Waals surface area contributed by atoms with Crippen molar-refractivity contribution in [2.45, 2.75) is 32.7 Å². The largest absolute Gasteiger partial charge is 0.477 e. The summed E-state index contributed by atoms with van der Waals surface area (Å²) in [6.45, 7) is 5.08. The predicted octanol–water partition coefficient (Wildman–Crippen LogP) is 2.17. The second-order valence-electron chi connectivity index (χ2n) is 5.46. The van der Waals surface area contributed by atoms with Crippen LogP contribution in [0.5, 0.6) is 5.88 Å². The quantitative estimate of drug-likeness (QED) is 0.798. The zero-order valence-electron chi connectivity index (χ0n) is 10.7. The Balaban J connectivity index is 1.79. The van der Waals surface area contributed by atoms with E-state index >= 15 is 0 Å². The van der Waals surface area contributed by atoms with Crippen LogP contribution in [0.1, 0.15) is 29.7 Å². The van der Waals surface area contributed by atoms with Crippen LogP contribution in [0.3, 0.4) is 0 Å². The van der Waals surface area contributed by atoms with Crippen LogP contribution in [0.25, 0.3) is 0 Å². The average molecular weight is 232 g/mol. The number of aromatic nitrogens is 1. The summed E-state index contributed by atoms with van der Waals surface area (Å²) < 4.78 is 5.83. The molecule has 92 valence electrons. The summed E-state index contributed by atoms with van der Waals surface area (Å²) in [4.78, 5) is 7.04. The molecule has 17 heavy (non-hydrogen) atoms. The molecule has 0 unspecified atom stereocenters. The van der Waals surface area contributed by atoms with Gasteiger partial charge < -0.3 is 9.64 Å². The van der Waals surface area contributed by atoms with Crippen LogP contribution in [0.4, 0.5) is 0 Å². The molecular formula is C14H20N2O. The van der Waals surface area contributed by atoms with Gasteiger partial charge in [0.15, 0.2) is 0 Å². The van der Waals surface area contributed by atoms with Gasteiger partial charge >= 0.3 is 0 Å². The zero-order chi connectivity index (χ0) is 11.8. The molecule has 1 aliphatic carbocycles. The Kier molecular flexibility index (Phi) is 2.79. The fourth-order valence-corrected chi connectivity index (χ4v) is 2.34. The first kappa shape index (κ1) is 11.0. The molecule has 1 aromatic rings. The van der Waals surface area contributed by atoms with E-state index in [1.165, 1.54) is 29.7 Å². The summed E-state index contributed by atoms with van der Waals surface area (Å²) >= 11 is 0. The van der Waals surface area contributed by atoms with Crippen molar-refractivity contribution in [3.63, 3.8) is 0 Å². The van der Waals surface area contributed by atoms with E-state index in [-0.39, 0.29) is 0 Å². The fourth-order valence-electron chi connectivity index (χ4n) is 2.34. The molecule has 1 saturated carbocycles. The van der Waals surface area contributed by atoms with Crippen molar-refractivity contribution in [3.05, 3.63) is 22.9 Å². The van der Waals surface area contributed by atoms with Gasteiger partial charge in [0.25, 0.3) is 0 Å². The van der Waals surface area contributed by atoms with Crippen molar-refractivity contribution in [1.82, 2.24) is 9.88 Å². The van der Waals surface area contributed by atoms with Gasteiger partial charge in [0.05, 0.1) is 12.3 Å². The third-order valence-electron chi connectivity index (χ3n) is 3.66. The highest BCUT2D eigenvalue weighted by molar-refractivity contribution is 5.34. The van der Waals surface area contributed by atoms with Crippen molar-refractivity contribution >= 4 is 0 Å². The van der Waals surface area contributed by atoms with Gasteiger partial charge in [0.2, 0.25) is 5.88 Å². The van der Waals surface area contributed by atoms with E-state index in [9.17, 15) is 0 Å². The Labute approximate surface area is 103 Å². The van der Waals surface area contributed by atoms with Crippen LogP contribution in [0.2, 0.25) is 0 Å². The molecule has 3 rings (SSSR count). The highest BCUT2D eigenvalue weighted by Crippen LogP contribution is 2.30. The van der Waals surface area contributed by atoms with Crippen LogP contribution in [0.15, 0.2) is 6.07 Å². The SMILES string of the molecule is Cc1cc2c(nc1OCC1CC1)CCN(C)C2. The van der Waals surface area contributed by atoms with E-state index in [2.05, 4.69) is 24.9 Å². The molecule has 0 spiro atoms. The van der Waals surface area contributed by atoms with E-state index in [4.69, 9.17) is 9.72 Å². The molecule has 0 atom stereocenters. The third kappa shape index (κ3) is 2.44.